The summed E-state index contributed by atoms with van der Waals surface area (Å²) in [5, 5.41) is 40.1. The second kappa shape index (κ2) is 26.3. The van der Waals surface area contributed by atoms with Gasteiger partial charge in [-0.15, -0.1) is 0 Å². The summed E-state index contributed by atoms with van der Waals surface area (Å²) in [5.74, 6) is -3.29. The molecule has 6 aromatic rings. The Hall–Kier alpha value is -4.92. The van der Waals surface area contributed by atoms with Crippen LogP contribution in [0.2, 0.25) is 0 Å². The van der Waals surface area contributed by atoms with Crippen molar-refractivity contribution in [2.45, 2.75) is 9.79 Å². The Bertz CT molecular complexity index is 2740. The first-order valence-corrected chi connectivity index (χ1v) is 19.4. The van der Waals surface area contributed by atoms with Crippen molar-refractivity contribution in [2.24, 2.45) is 0 Å². The summed E-state index contributed by atoms with van der Waals surface area (Å²) < 4.78 is 99.2. The average Bonchev–Trinajstić information content (AvgIpc) is 3.15. The van der Waals surface area contributed by atoms with Gasteiger partial charge in [0.1, 0.15) is 64.0 Å². The predicted octanol–water partition coefficient (Wildman–Crippen LogP) is -2.07. The molecule has 0 atom stereocenters. The standard InChI is InChI=1S/2C17H13BrO9S.Cd.8H2O/c2*1-25-9-4-3-7(5-10(9)28(22,23)24)8-6-27-16-11(13(8)19)14(20)17(26-2)15(21)12(16)18;;;;;;;;;/h2*3-6,20-21H,1-2H3,(H,22,23,24);;8*1H2/q;;+2;;;;;;;;/p+4. The van der Waals surface area contributed by atoms with Crippen LogP contribution in [-0.4, -0.2) is 85.8 Å². The maximum absolute atomic E-state index is 13.0. The van der Waals surface area contributed by atoms with E-state index in [9.17, 15) is 56.0 Å². The quantitative estimate of drug-likeness (QED) is 0.0722. The fraction of sp³-hybridized carbons (Fsp3) is 0.118. The zero-order chi connectivity index (χ0) is 41.6. The molecule has 26 nitrogen and oxygen atoms in total. The third-order valence-electron chi connectivity index (χ3n) is 8.03. The van der Waals surface area contributed by atoms with E-state index >= 15 is 0 Å². The van der Waals surface area contributed by atoms with E-state index in [0.717, 1.165) is 24.7 Å². The van der Waals surface area contributed by atoms with E-state index < -0.39 is 63.9 Å². The van der Waals surface area contributed by atoms with Gasteiger partial charge in [0.2, 0.25) is 22.4 Å². The molecule has 65 heavy (non-hydrogen) atoms. The molecule has 0 amide bonds. The summed E-state index contributed by atoms with van der Waals surface area (Å²) in [4.78, 5) is 24.6. The summed E-state index contributed by atoms with van der Waals surface area (Å²) in [7, 11) is -4.99. The summed E-state index contributed by atoms with van der Waals surface area (Å²) in [6.45, 7) is 0. The monoisotopic (exact) mass is 1210 g/mol. The molecule has 31 heteroatoms. The minimum atomic E-state index is -4.88. The van der Waals surface area contributed by atoms with Gasteiger partial charge in [-0.3, -0.25) is 9.59 Å². The van der Waals surface area contributed by atoms with Crippen LogP contribution in [0.3, 0.4) is 0 Å². The fourth-order valence-corrected chi connectivity index (χ4v) is 7.70. The molecular formula is C34H46Br2CdO26S2+6. The van der Waals surface area contributed by atoms with Crippen LogP contribution in [0.15, 0.2) is 86.1 Å². The first kappa shape index (κ1) is 69.1. The predicted molar refractivity (Wildman–Crippen MR) is 236 cm³/mol. The van der Waals surface area contributed by atoms with Crippen LogP contribution in [0.4, 0.5) is 0 Å². The smallest absolute Gasteiger partial charge is 0.744 e. The molecule has 26 N–H and O–H groups in total. The summed E-state index contributed by atoms with van der Waals surface area (Å²) in [6.07, 6.45) is 2.04. The van der Waals surface area contributed by atoms with Gasteiger partial charge in [0.05, 0.1) is 49.4 Å². The Morgan fingerprint density at radius 1 is 0.538 bits per heavy atom. The van der Waals surface area contributed by atoms with Crippen LogP contribution >= 0.6 is 31.9 Å². The van der Waals surface area contributed by atoms with Gasteiger partial charge in [0, 0.05) is 0 Å². The van der Waals surface area contributed by atoms with Crippen molar-refractivity contribution in [1.82, 2.24) is 0 Å². The average molecular weight is 1210 g/mol. The number of rotatable bonds is 8. The van der Waals surface area contributed by atoms with Gasteiger partial charge in [-0.25, -0.2) is 16.8 Å². The van der Waals surface area contributed by atoms with Crippen LogP contribution < -0.4 is 29.8 Å². The number of hydrogen-bond acceptors (Lipinski definition) is 18. The maximum Gasteiger partial charge on any atom is 2.00 e. The molecule has 0 aliphatic rings. The van der Waals surface area contributed by atoms with Crippen molar-refractivity contribution >= 4 is 74.0 Å². The summed E-state index contributed by atoms with van der Waals surface area (Å²) in [6, 6.07) is 7.10. The molecule has 6 rings (SSSR count). The number of fused-ring (bicyclic) bond motifs is 2. The number of methoxy groups -OCH3 is 4. The van der Waals surface area contributed by atoms with Crippen LogP contribution in [-0.2, 0) is 80.4 Å². The van der Waals surface area contributed by atoms with Crippen LogP contribution in [0.5, 0.6) is 46.0 Å². The van der Waals surface area contributed by atoms with Gasteiger partial charge < -0.3 is 101 Å². The summed E-state index contributed by atoms with van der Waals surface area (Å²) >= 11 is 6.13. The van der Waals surface area contributed by atoms with E-state index in [2.05, 4.69) is 31.9 Å². The minimum absolute atomic E-state index is 0. The van der Waals surface area contributed by atoms with E-state index in [-0.39, 0.29) is 147 Å². The normalized spacial score (nSPS) is 9.97. The molecule has 0 aliphatic carbocycles. The molecule has 360 valence electrons. The number of phenolic OH excluding ortho intramolecular Hbond substituents is 4. The van der Waals surface area contributed by atoms with Crippen molar-refractivity contribution in [1.29, 1.82) is 0 Å². The van der Waals surface area contributed by atoms with Crippen LogP contribution in [0, 0.1) is 0 Å². The first-order chi connectivity index (χ1) is 26.2. The molecule has 2 aromatic heterocycles. The topological polar surface area (TPSA) is 554 Å². The van der Waals surface area contributed by atoms with E-state index in [1.165, 1.54) is 52.7 Å². The van der Waals surface area contributed by atoms with Gasteiger partial charge in [-0.1, -0.05) is 12.1 Å². The SMILES string of the molecule is COc1ccc(-c2coc3c(Br)c(O)c(OC)c(O)c3c2=O)cc1S(=O)(=O)[O-].COc1ccc(-c2coc3c(Br)c(O)c(OC)c(O)c3c2=O)cc1S(=O)(=O)[O-].O.O.[Cd+2].[OH3+].[OH3+].[OH3+].[OH3+].[OH3+].[OH3+]. The van der Waals surface area contributed by atoms with Crippen LogP contribution in [0.25, 0.3) is 44.2 Å². The Kier molecular flexibility index (Phi) is 28.0. The van der Waals surface area contributed by atoms with Gasteiger partial charge >= 0.3 is 27.3 Å². The largest absolute Gasteiger partial charge is 2.00 e. The summed E-state index contributed by atoms with van der Waals surface area (Å²) in [5.41, 5.74) is -1.93. The minimum Gasteiger partial charge on any atom is -0.744 e. The number of aromatic hydroxyl groups is 4. The Balaban J connectivity index is -0.000000324. The Morgan fingerprint density at radius 3 is 1.08 bits per heavy atom. The third kappa shape index (κ3) is 12.7. The maximum atomic E-state index is 13.0. The molecule has 4 aromatic carbocycles. The van der Waals surface area contributed by atoms with E-state index in [0.29, 0.717) is 0 Å². The van der Waals surface area contributed by atoms with Crippen molar-refractivity contribution in [3.05, 3.63) is 78.3 Å². The molecule has 0 saturated carbocycles. The Morgan fingerprint density at radius 2 is 0.831 bits per heavy atom. The molecule has 0 saturated heterocycles. The van der Waals surface area contributed by atoms with E-state index in [4.69, 9.17) is 27.8 Å². The zero-order valence-corrected chi connectivity index (χ0v) is 42.7. The third-order valence-corrected chi connectivity index (χ3v) is 11.2. The Labute approximate surface area is 401 Å². The molecular weight excluding hydrogens is 1160 g/mol. The van der Waals surface area contributed by atoms with Crippen LogP contribution in [0.1, 0.15) is 0 Å². The fourth-order valence-electron chi connectivity index (χ4n) is 5.42. The van der Waals surface area contributed by atoms with Crippen molar-refractivity contribution in [2.75, 3.05) is 28.4 Å². The van der Waals surface area contributed by atoms with Gasteiger partial charge in [0.25, 0.3) is 0 Å². The van der Waals surface area contributed by atoms with Crippen molar-refractivity contribution < 1.29 is 145 Å². The second-order valence-corrected chi connectivity index (χ2v) is 15.4. The number of phenols is 4. The zero-order valence-electron chi connectivity index (χ0n) is 33.9. The number of ether oxygens (including phenoxy) is 4. The van der Waals surface area contributed by atoms with Gasteiger partial charge in [-0.2, -0.15) is 0 Å². The van der Waals surface area contributed by atoms with Gasteiger partial charge in [-0.05, 0) is 67.3 Å². The van der Waals surface area contributed by atoms with Gasteiger partial charge in [0.15, 0.2) is 34.2 Å². The number of halogens is 2. The van der Waals surface area contributed by atoms with E-state index in [1.54, 1.807) is 0 Å². The van der Waals surface area contributed by atoms with E-state index in [1.807, 2.05) is 0 Å². The molecule has 0 fully saturated rings. The molecule has 0 radical (unpaired) electrons. The number of benzene rings is 4. The molecule has 0 aliphatic heterocycles. The first-order valence-electron chi connectivity index (χ1n) is 15.0. The second-order valence-electron chi connectivity index (χ2n) is 11.1. The molecule has 0 bridgehead atoms. The molecule has 2 heterocycles. The molecule has 0 unspecified atom stereocenters. The molecule has 0 spiro atoms. The van der Waals surface area contributed by atoms with Crippen molar-refractivity contribution in [3.63, 3.8) is 0 Å². The van der Waals surface area contributed by atoms with Crippen molar-refractivity contribution in [3.8, 4) is 68.2 Å². The number of hydrogen-bond donors (Lipinski definition) is 4.